The van der Waals surface area contributed by atoms with Gasteiger partial charge in [0.1, 0.15) is 0 Å². The summed E-state index contributed by atoms with van der Waals surface area (Å²) in [5.74, 6) is -1.01. The van der Waals surface area contributed by atoms with E-state index < -0.39 is 11.9 Å². The number of carboxylic acid groups (broad SMARTS) is 1. The van der Waals surface area contributed by atoms with Crippen molar-refractivity contribution < 1.29 is 19.2 Å². The number of amides is 1. The lowest BCUT2D eigenvalue weighted by Gasteiger charge is -2.08. The Kier molecular flexibility index (Phi) is 4.80. The molecule has 126 valence electrons. The van der Waals surface area contributed by atoms with Crippen LogP contribution in [0.2, 0.25) is 5.02 Å². The number of nitrogens with zero attached hydrogens (tertiary/aromatic N) is 2. The van der Waals surface area contributed by atoms with Crippen LogP contribution in [0.4, 0.5) is 0 Å². The molecule has 1 fully saturated rings. The van der Waals surface area contributed by atoms with Gasteiger partial charge in [-0.15, -0.1) is 0 Å². The van der Waals surface area contributed by atoms with Crippen LogP contribution in [0.1, 0.15) is 25.2 Å². The van der Waals surface area contributed by atoms with Gasteiger partial charge in [0.25, 0.3) is 0 Å². The molecule has 0 unspecified atom stereocenters. The minimum absolute atomic E-state index is 0.119. The van der Waals surface area contributed by atoms with Crippen LogP contribution in [0.3, 0.4) is 0 Å². The first-order valence-electron chi connectivity index (χ1n) is 7.62. The third kappa shape index (κ3) is 3.73. The van der Waals surface area contributed by atoms with Crippen LogP contribution in [0, 0.1) is 11.8 Å². The van der Waals surface area contributed by atoms with Crippen molar-refractivity contribution in [2.24, 2.45) is 11.8 Å². The van der Waals surface area contributed by atoms with Gasteiger partial charge in [0.2, 0.25) is 17.6 Å². The Balaban J connectivity index is 1.55. The maximum Gasteiger partial charge on any atom is 0.306 e. The van der Waals surface area contributed by atoms with Crippen molar-refractivity contribution in [1.82, 2.24) is 15.5 Å². The van der Waals surface area contributed by atoms with Gasteiger partial charge in [-0.2, -0.15) is 4.98 Å². The molecule has 1 aromatic carbocycles. The minimum Gasteiger partial charge on any atom is -0.481 e. The molecule has 1 aromatic heterocycles. The molecule has 1 aliphatic rings. The molecule has 2 aromatic rings. The van der Waals surface area contributed by atoms with Gasteiger partial charge in [0.15, 0.2) is 0 Å². The first kappa shape index (κ1) is 16.4. The number of carboxylic acids is 1. The maximum atomic E-state index is 12.1. The highest BCUT2D eigenvalue weighted by molar-refractivity contribution is 6.30. The summed E-state index contributed by atoms with van der Waals surface area (Å²) < 4.78 is 5.12. The number of rotatable bonds is 5. The van der Waals surface area contributed by atoms with E-state index in [4.69, 9.17) is 21.2 Å². The van der Waals surface area contributed by atoms with Crippen molar-refractivity contribution in [3.63, 3.8) is 0 Å². The van der Waals surface area contributed by atoms with Gasteiger partial charge in [-0.3, -0.25) is 9.59 Å². The molecule has 2 N–H and O–H groups in total. The summed E-state index contributed by atoms with van der Waals surface area (Å²) in [4.78, 5) is 27.2. The molecule has 3 rings (SSSR count). The van der Waals surface area contributed by atoms with Crippen molar-refractivity contribution in [3.8, 4) is 11.4 Å². The number of hydrogen-bond acceptors (Lipinski definition) is 5. The number of aliphatic carboxylic acids is 1. The Bertz CT molecular complexity index is 744. The second-order valence-corrected chi connectivity index (χ2v) is 6.22. The minimum atomic E-state index is -0.838. The summed E-state index contributed by atoms with van der Waals surface area (Å²) in [5, 5.41) is 16.2. The highest BCUT2D eigenvalue weighted by atomic mass is 35.5. The van der Waals surface area contributed by atoms with Crippen LogP contribution in [-0.4, -0.2) is 27.1 Å². The fraction of sp³-hybridized carbons (Fsp3) is 0.375. The van der Waals surface area contributed by atoms with E-state index in [-0.39, 0.29) is 18.4 Å². The second-order valence-electron chi connectivity index (χ2n) is 5.78. The SMILES string of the molecule is O=C(O)[C@@H]1CC[C@H](C(=O)NCc2nc(-c3ccc(Cl)cc3)no2)C1. The summed E-state index contributed by atoms with van der Waals surface area (Å²) in [7, 11) is 0. The third-order valence-corrected chi connectivity index (χ3v) is 4.39. The summed E-state index contributed by atoms with van der Waals surface area (Å²) in [6, 6.07) is 7.02. The first-order chi connectivity index (χ1) is 11.5. The van der Waals surface area contributed by atoms with E-state index >= 15 is 0 Å². The summed E-state index contributed by atoms with van der Waals surface area (Å²) in [5.41, 5.74) is 0.765. The smallest absolute Gasteiger partial charge is 0.306 e. The van der Waals surface area contributed by atoms with E-state index in [1.165, 1.54) is 0 Å². The monoisotopic (exact) mass is 349 g/mol. The zero-order valence-electron chi connectivity index (χ0n) is 12.7. The molecule has 0 spiro atoms. The lowest BCUT2D eigenvalue weighted by atomic mass is 10.0. The predicted octanol–water partition coefficient (Wildman–Crippen LogP) is 2.51. The Labute approximate surface area is 143 Å². The number of benzene rings is 1. The van der Waals surface area contributed by atoms with Crippen LogP contribution in [0.15, 0.2) is 28.8 Å². The molecule has 0 aliphatic heterocycles. The second kappa shape index (κ2) is 7.00. The van der Waals surface area contributed by atoms with Gasteiger partial charge >= 0.3 is 5.97 Å². The van der Waals surface area contributed by atoms with Crippen LogP contribution < -0.4 is 5.32 Å². The molecule has 1 heterocycles. The van der Waals surface area contributed by atoms with Gasteiger partial charge < -0.3 is 14.9 Å². The zero-order valence-corrected chi connectivity index (χ0v) is 13.5. The van der Waals surface area contributed by atoms with Crippen molar-refractivity contribution >= 4 is 23.5 Å². The largest absolute Gasteiger partial charge is 0.481 e. The molecule has 7 nitrogen and oxygen atoms in total. The van der Waals surface area contributed by atoms with Crippen molar-refractivity contribution in [3.05, 3.63) is 35.2 Å². The fourth-order valence-corrected chi connectivity index (χ4v) is 2.92. The zero-order chi connectivity index (χ0) is 17.1. The molecular weight excluding hydrogens is 334 g/mol. The van der Waals surface area contributed by atoms with Crippen LogP contribution in [0.25, 0.3) is 11.4 Å². The average molecular weight is 350 g/mol. The molecule has 1 saturated carbocycles. The molecule has 0 bridgehead atoms. The molecule has 2 atom stereocenters. The highest BCUT2D eigenvalue weighted by Crippen LogP contribution is 2.31. The molecule has 1 aliphatic carbocycles. The van der Waals surface area contributed by atoms with Gasteiger partial charge in [-0.1, -0.05) is 16.8 Å². The average Bonchev–Trinajstić information content (AvgIpc) is 3.23. The number of carbonyl (C=O) groups is 2. The Hall–Kier alpha value is -2.41. The van der Waals surface area contributed by atoms with E-state index in [1.54, 1.807) is 24.3 Å². The van der Waals surface area contributed by atoms with Gasteiger partial charge in [-0.25, -0.2) is 0 Å². The van der Waals surface area contributed by atoms with Crippen LogP contribution in [0.5, 0.6) is 0 Å². The number of carbonyl (C=O) groups excluding carboxylic acids is 1. The summed E-state index contributed by atoms with van der Waals surface area (Å²) >= 11 is 5.83. The summed E-state index contributed by atoms with van der Waals surface area (Å²) in [6.45, 7) is 0.119. The van der Waals surface area contributed by atoms with Crippen LogP contribution >= 0.6 is 11.6 Å². The van der Waals surface area contributed by atoms with Crippen molar-refractivity contribution in [1.29, 1.82) is 0 Å². The molecule has 8 heteroatoms. The van der Waals surface area contributed by atoms with E-state index in [9.17, 15) is 9.59 Å². The summed E-state index contributed by atoms with van der Waals surface area (Å²) in [6.07, 6.45) is 1.50. The van der Waals surface area contributed by atoms with Crippen molar-refractivity contribution in [2.45, 2.75) is 25.8 Å². The number of aromatic nitrogens is 2. The fourth-order valence-electron chi connectivity index (χ4n) is 2.79. The quantitative estimate of drug-likeness (QED) is 0.859. The van der Waals surface area contributed by atoms with E-state index in [0.717, 1.165) is 5.56 Å². The molecule has 0 saturated heterocycles. The topological polar surface area (TPSA) is 105 Å². The lowest BCUT2D eigenvalue weighted by molar-refractivity contribution is -0.141. The highest BCUT2D eigenvalue weighted by Gasteiger charge is 2.33. The molecule has 24 heavy (non-hydrogen) atoms. The number of halogens is 1. The van der Waals surface area contributed by atoms with Gasteiger partial charge in [0, 0.05) is 16.5 Å². The number of nitrogens with one attached hydrogen (secondary N) is 1. The van der Waals surface area contributed by atoms with E-state index in [0.29, 0.717) is 36.0 Å². The predicted molar refractivity (Wildman–Crippen MR) is 85.1 cm³/mol. The normalized spacial score (nSPS) is 20.0. The molecular formula is C16H16ClN3O4. The number of hydrogen-bond donors (Lipinski definition) is 2. The lowest BCUT2D eigenvalue weighted by Crippen LogP contribution is -2.29. The standard InChI is InChI=1S/C16H16ClN3O4/c17-12-5-3-9(4-6-12)14-19-13(24-20-14)8-18-15(21)10-1-2-11(7-10)16(22)23/h3-6,10-11H,1-2,7-8H2,(H,18,21)(H,22,23)/t10-,11+/m0/s1. The Morgan fingerprint density at radius 3 is 2.62 bits per heavy atom. The van der Waals surface area contributed by atoms with E-state index in [1.807, 2.05) is 0 Å². The maximum absolute atomic E-state index is 12.1. The third-order valence-electron chi connectivity index (χ3n) is 4.14. The first-order valence-corrected chi connectivity index (χ1v) is 8.00. The molecule has 0 radical (unpaired) electrons. The Morgan fingerprint density at radius 1 is 1.25 bits per heavy atom. The van der Waals surface area contributed by atoms with Gasteiger partial charge in [0.05, 0.1) is 12.5 Å². The van der Waals surface area contributed by atoms with Gasteiger partial charge in [-0.05, 0) is 43.5 Å². The van der Waals surface area contributed by atoms with E-state index in [2.05, 4.69) is 15.5 Å². The molecule has 1 amide bonds. The van der Waals surface area contributed by atoms with Crippen molar-refractivity contribution in [2.75, 3.05) is 0 Å². The van der Waals surface area contributed by atoms with Crippen LogP contribution in [-0.2, 0) is 16.1 Å². The Morgan fingerprint density at radius 2 is 1.96 bits per heavy atom.